The maximum Gasteiger partial charge on any atom is 0.109 e. The van der Waals surface area contributed by atoms with Crippen molar-refractivity contribution in [3.05, 3.63) is 0 Å². The fraction of sp³-hybridized carbons (Fsp3) is 1.00. The number of aliphatic hydroxyl groups is 3. The second kappa shape index (κ2) is 3.70. The molecule has 1 aliphatic heterocycles. The molecule has 0 aromatic carbocycles. The van der Waals surface area contributed by atoms with Gasteiger partial charge >= 0.3 is 0 Å². The van der Waals surface area contributed by atoms with Gasteiger partial charge in [0.05, 0.1) is 18.8 Å². The zero-order chi connectivity index (χ0) is 9.30. The lowest BCUT2D eigenvalue weighted by Gasteiger charge is -2.39. The van der Waals surface area contributed by atoms with Gasteiger partial charge in [-0.25, -0.2) is 0 Å². The van der Waals surface area contributed by atoms with Gasteiger partial charge in [0, 0.05) is 5.92 Å². The van der Waals surface area contributed by atoms with Gasteiger partial charge in [-0.05, 0) is 6.92 Å². The van der Waals surface area contributed by atoms with E-state index in [1.807, 2.05) is 13.8 Å². The van der Waals surface area contributed by atoms with Gasteiger partial charge in [-0.3, -0.25) is 0 Å². The number of ether oxygens (including phenoxy) is 1. The molecule has 0 amide bonds. The van der Waals surface area contributed by atoms with Crippen molar-refractivity contribution in [3.8, 4) is 0 Å². The van der Waals surface area contributed by atoms with E-state index < -0.39 is 18.3 Å². The first kappa shape index (κ1) is 9.92. The van der Waals surface area contributed by atoms with E-state index in [1.165, 1.54) is 0 Å². The van der Waals surface area contributed by atoms with Crippen LogP contribution < -0.4 is 0 Å². The molecule has 0 saturated carbocycles. The van der Waals surface area contributed by atoms with E-state index in [0.717, 1.165) is 0 Å². The van der Waals surface area contributed by atoms with Crippen molar-refractivity contribution in [2.75, 3.05) is 6.61 Å². The molecule has 1 rings (SSSR count). The molecule has 4 nitrogen and oxygen atoms in total. The van der Waals surface area contributed by atoms with Crippen molar-refractivity contribution in [2.24, 2.45) is 5.92 Å². The van der Waals surface area contributed by atoms with E-state index in [4.69, 9.17) is 9.84 Å². The van der Waals surface area contributed by atoms with E-state index in [0.29, 0.717) is 0 Å². The summed E-state index contributed by atoms with van der Waals surface area (Å²) < 4.78 is 5.27. The molecule has 0 spiro atoms. The molecule has 4 heteroatoms. The Balaban J connectivity index is 2.63. The van der Waals surface area contributed by atoms with E-state index in [2.05, 4.69) is 0 Å². The molecule has 1 fully saturated rings. The summed E-state index contributed by atoms with van der Waals surface area (Å²) in [5.41, 5.74) is 0. The molecule has 0 aromatic rings. The first-order valence-electron chi connectivity index (χ1n) is 4.20. The van der Waals surface area contributed by atoms with E-state index in [9.17, 15) is 10.2 Å². The van der Waals surface area contributed by atoms with Crippen LogP contribution in [0.1, 0.15) is 13.8 Å². The third kappa shape index (κ3) is 1.61. The van der Waals surface area contributed by atoms with E-state index in [-0.39, 0.29) is 18.6 Å². The highest BCUT2D eigenvalue weighted by Crippen LogP contribution is 2.25. The summed E-state index contributed by atoms with van der Waals surface area (Å²) >= 11 is 0. The molecule has 5 atom stereocenters. The van der Waals surface area contributed by atoms with Crippen LogP contribution >= 0.6 is 0 Å². The molecule has 1 heterocycles. The second-order valence-corrected chi connectivity index (χ2v) is 3.40. The maximum atomic E-state index is 9.48. The summed E-state index contributed by atoms with van der Waals surface area (Å²) in [5.74, 6) is -0.0946. The summed E-state index contributed by atoms with van der Waals surface area (Å²) in [5, 5.41) is 27.7. The van der Waals surface area contributed by atoms with Crippen LogP contribution in [0, 0.1) is 5.92 Å². The fourth-order valence-corrected chi connectivity index (χ4v) is 1.44. The van der Waals surface area contributed by atoms with Crippen LogP contribution in [0.25, 0.3) is 0 Å². The minimum atomic E-state index is -0.971. The van der Waals surface area contributed by atoms with Gasteiger partial charge < -0.3 is 20.1 Å². The standard InChI is InChI=1S/C8H16O4/c1-4-5(2)12-6(3-9)8(11)7(4)10/h4-11H,3H2,1-2H3/t4?,5-,6?,7?,8-/m0/s1. The Morgan fingerprint density at radius 3 is 2.25 bits per heavy atom. The third-order valence-electron chi connectivity index (χ3n) is 2.58. The van der Waals surface area contributed by atoms with Crippen LogP contribution in [0.5, 0.6) is 0 Å². The van der Waals surface area contributed by atoms with Crippen molar-refractivity contribution >= 4 is 0 Å². The first-order valence-corrected chi connectivity index (χ1v) is 4.20. The van der Waals surface area contributed by atoms with E-state index in [1.54, 1.807) is 0 Å². The van der Waals surface area contributed by atoms with Crippen LogP contribution in [-0.2, 0) is 4.74 Å². The molecule has 0 aliphatic carbocycles. The molecule has 0 aromatic heterocycles. The van der Waals surface area contributed by atoms with Crippen molar-refractivity contribution in [1.29, 1.82) is 0 Å². The lowest BCUT2D eigenvalue weighted by Crippen LogP contribution is -2.53. The minimum absolute atomic E-state index is 0.0946. The monoisotopic (exact) mass is 176 g/mol. The quantitative estimate of drug-likeness (QED) is 0.485. The van der Waals surface area contributed by atoms with Gasteiger partial charge in [-0.1, -0.05) is 6.92 Å². The van der Waals surface area contributed by atoms with Gasteiger partial charge in [-0.2, -0.15) is 0 Å². The lowest BCUT2D eigenvalue weighted by atomic mass is 9.89. The topological polar surface area (TPSA) is 69.9 Å². The van der Waals surface area contributed by atoms with Gasteiger partial charge in [0.1, 0.15) is 12.2 Å². The summed E-state index contributed by atoms with van der Waals surface area (Å²) in [7, 11) is 0. The smallest absolute Gasteiger partial charge is 0.109 e. The van der Waals surface area contributed by atoms with Gasteiger partial charge in [0.25, 0.3) is 0 Å². The van der Waals surface area contributed by atoms with Gasteiger partial charge in [-0.15, -0.1) is 0 Å². The highest BCUT2D eigenvalue weighted by Gasteiger charge is 2.39. The first-order chi connectivity index (χ1) is 5.57. The molecule has 0 radical (unpaired) electrons. The average Bonchev–Trinajstić information content (AvgIpc) is 2.08. The highest BCUT2D eigenvalue weighted by atomic mass is 16.5. The summed E-state index contributed by atoms with van der Waals surface area (Å²) in [6, 6.07) is 0. The molecule has 1 aliphatic rings. The predicted octanol–water partition coefficient (Wildman–Crippen LogP) is -0.876. The molecule has 0 bridgehead atoms. The van der Waals surface area contributed by atoms with Crippen LogP contribution in [0.4, 0.5) is 0 Å². The van der Waals surface area contributed by atoms with Crippen molar-refractivity contribution in [2.45, 2.75) is 38.3 Å². The maximum absolute atomic E-state index is 9.48. The van der Waals surface area contributed by atoms with Crippen LogP contribution in [0.3, 0.4) is 0 Å². The Kier molecular flexibility index (Phi) is 3.06. The normalized spacial score (nSPS) is 49.2. The number of aliphatic hydroxyl groups excluding tert-OH is 3. The molecule has 3 unspecified atom stereocenters. The lowest BCUT2D eigenvalue weighted by molar-refractivity contribution is -0.200. The highest BCUT2D eigenvalue weighted by molar-refractivity contribution is 4.87. The number of hydrogen-bond donors (Lipinski definition) is 3. The molecule has 1 saturated heterocycles. The fourth-order valence-electron chi connectivity index (χ4n) is 1.44. The van der Waals surface area contributed by atoms with Crippen LogP contribution in [0.2, 0.25) is 0 Å². The predicted molar refractivity (Wildman–Crippen MR) is 42.6 cm³/mol. The summed E-state index contributed by atoms with van der Waals surface area (Å²) in [4.78, 5) is 0. The van der Waals surface area contributed by atoms with Crippen molar-refractivity contribution < 1.29 is 20.1 Å². The second-order valence-electron chi connectivity index (χ2n) is 3.40. The SMILES string of the molecule is CC1C(O)[C@@H](O)C(CO)O[C@H]1C. The third-order valence-corrected chi connectivity index (χ3v) is 2.58. The largest absolute Gasteiger partial charge is 0.394 e. The van der Waals surface area contributed by atoms with Crippen molar-refractivity contribution in [3.63, 3.8) is 0 Å². The molecule has 3 N–H and O–H groups in total. The zero-order valence-electron chi connectivity index (χ0n) is 7.34. The zero-order valence-corrected chi connectivity index (χ0v) is 7.34. The van der Waals surface area contributed by atoms with Crippen LogP contribution in [0.15, 0.2) is 0 Å². The molecular weight excluding hydrogens is 160 g/mol. The Morgan fingerprint density at radius 1 is 1.17 bits per heavy atom. The number of rotatable bonds is 1. The average molecular weight is 176 g/mol. The Morgan fingerprint density at radius 2 is 1.75 bits per heavy atom. The van der Waals surface area contributed by atoms with Gasteiger partial charge in [0.2, 0.25) is 0 Å². The Labute approximate surface area is 71.8 Å². The van der Waals surface area contributed by atoms with Crippen molar-refractivity contribution in [1.82, 2.24) is 0 Å². The Hall–Kier alpha value is -0.160. The Bertz CT molecular complexity index is 145. The summed E-state index contributed by atoms with van der Waals surface area (Å²) in [6.07, 6.45) is -2.54. The van der Waals surface area contributed by atoms with E-state index >= 15 is 0 Å². The molecule has 72 valence electrons. The minimum Gasteiger partial charge on any atom is -0.394 e. The van der Waals surface area contributed by atoms with Gasteiger partial charge in [0.15, 0.2) is 0 Å². The van der Waals surface area contributed by atoms with Crippen LogP contribution in [-0.4, -0.2) is 46.3 Å². The summed E-state index contributed by atoms with van der Waals surface area (Å²) in [6.45, 7) is 3.38. The molecular formula is C8H16O4. The number of hydrogen-bond acceptors (Lipinski definition) is 4. The molecule has 12 heavy (non-hydrogen) atoms.